The molecule has 0 spiro atoms. The number of guanidine groups is 2. The van der Waals surface area contributed by atoms with E-state index in [-0.39, 0.29) is 103 Å². The van der Waals surface area contributed by atoms with Gasteiger partial charge >= 0.3 is 23.9 Å². The van der Waals surface area contributed by atoms with Gasteiger partial charge in [0.25, 0.3) is 11.8 Å². The van der Waals surface area contributed by atoms with Crippen LogP contribution < -0.4 is 97.6 Å². The normalized spacial score (nSPS) is 12.1. The number of hydrogen-bond donors (Lipinski definition) is 13. The van der Waals surface area contributed by atoms with Crippen molar-refractivity contribution < 1.29 is 90.6 Å². The maximum absolute atomic E-state index is 15.1. The number of carbonyl (C=O) groups excluding carboxylic acids is 11. The standard InChI is InChI=1S/C103H159N17O19/c1-9-13-17-21-25-29-33-37-41-48-94(124)136-83-59-52-75(67-87(83)132-5)71-109-117-92(122)64-57-81(100(130)119-111-73-77-54-61-85(89(69-77)134-7)138-96(126)50-43-39-35-31-27-23-19-15-11-3)113-91(121)63-56-80(114-98(128)79(116-103(106)107)47-45-46-66-108-102(104)105)99(129)115-82(101(131)120-112-74-78-55-62-86(90(70-78)135-8)139-97(127)51-44-40-36-32-28-24-20-16-12-4)58-65-93(123)118-110-72-76-53-60-84(88(68-76)133-6)137-95(125)49-42-38-34-30-26-22-18-14-10-2/h52-55,59-62,67-74,79-82H,9-51,56-58,63-66H2,1-8H3,(H,113,121)(H,114,128)(H,115,129)(H,117,122)(H,118,123)(H,119,130)(H,120,131)(H4,104,105,108)(H4,106,107,116)/b109-71+,110-72+,111-73+,112-74+/t79-,80-,81-,82-/m0/s1. The lowest BCUT2D eigenvalue weighted by Crippen LogP contribution is -2.57. The number of nitrogens with zero attached hydrogens (tertiary/aromatic N) is 4. The fourth-order valence-electron chi connectivity index (χ4n) is 15.0. The molecule has 4 aromatic rings. The summed E-state index contributed by atoms with van der Waals surface area (Å²) in [4.78, 5) is 153. The van der Waals surface area contributed by atoms with Crippen molar-refractivity contribution in [1.82, 2.24) is 48.3 Å². The Labute approximate surface area is 822 Å². The maximum atomic E-state index is 15.1. The molecule has 4 rings (SSSR count). The summed E-state index contributed by atoms with van der Waals surface area (Å²) in [6.07, 6.45) is 42.5. The van der Waals surface area contributed by atoms with E-state index in [0.29, 0.717) is 54.4 Å². The smallest absolute Gasteiger partial charge is 0.311 e. The summed E-state index contributed by atoms with van der Waals surface area (Å²) in [7, 11) is 5.60. The Morgan fingerprint density at radius 3 is 0.806 bits per heavy atom. The van der Waals surface area contributed by atoms with Crippen LogP contribution in [0.4, 0.5) is 0 Å². The number of rotatable bonds is 78. The second kappa shape index (κ2) is 74.6. The molecule has 7 amide bonds. The van der Waals surface area contributed by atoms with Crippen LogP contribution in [0.2, 0.25) is 0 Å². The van der Waals surface area contributed by atoms with E-state index < -0.39 is 127 Å². The van der Waals surface area contributed by atoms with E-state index in [4.69, 9.17) is 60.2 Å². The van der Waals surface area contributed by atoms with Crippen LogP contribution in [-0.4, -0.2) is 161 Å². The summed E-state index contributed by atoms with van der Waals surface area (Å²) in [5, 5.41) is 45.4. The van der Waals surface area contributed by atoms with Crippen molar-refractivity contribution in [2.24, 2.45) is 31.9 Å². The molecule has 139 heavy (non-hydrogen) atoms. The second-order valence-electron chi connectivity index (χ2n) is 34.7. The molecule has 36 heteroatoms. The molecular formula is C103H159N17O19. The van der Waals surface area contributed by atoms with Crippen molar-refractivity contribution in [3.8, 4) is 46.0 Å². The van der Waals surface area contributed by atoms with E-state index in [1.807, 2.05) is 0 Å². The predicted octanol–water partition coefficient (Wildman–Crippen LogP) is 16.2. The van der Waals surface area contributed by atoms with Crippen molar-refractivity contribution in [2.45, 2.75) is 366 Å². The molecule has 0 bridgehead atoms. The van der Waals surface area contributed by atoms with Crippen molar-refractivity contribution in [3.05, 3.63) is 95.1 Å². The van der Waals surface area contributed by atoms with Crippen LogP contribution in [0.5, 0.6) is 46.0 Å². The zero-order valence-electron chi connectivity index (χ0n) is 83.6. The first-order valence-electron chi connectivity index (χ1n) is 50.3. The van der Waals surface area contributed by atoms with Gasteiger partial charge in [0.1, 0.15) is 24.2 Å². The molecule has 15 N–H and O–H groups in total. The maximum Gasteiger partial charge on any atom is 0.311 e. The van der Waals surface area contributed by atoms with E-state index in [0.717, 1.165) is 89.9 Å². The summed E-state index contributed by atoms with van der Waals surface area (Å²) in [6, 6.07) is 12.3. The molecule has 0 aliphatic heterocycles. The van der Waals surface area contributed by atoms with Gasteiger partial charge in [0.2, 0.25) is 29.5 Å². The lowest BCUT2D eigenvalue weighted by atomic mass is 10.0. The second-order valence-corrected chi connectivity index (χ2v) is 34.7. The number of carbonyl (C=O) groups is 11. The average molecular weight is 1940 g/mol. The Bertz CT molecular complexity index is 4490. The van der Waals surface area contributed by atoms with Gasteiger partial charge in [-0.05, 0) is 159 Å². The number of nitrogens with one attached hydrogen (secondary N) is 11. The van der Waals surface area contributed by atoms with Crippen LogP contribution in [0.25, 0.3) is 0 Å². The van der Waals surface area contributed by atoms with Gasteiger partial charge < -0.3 is 75.9 Å². The van der Waals surface area contributed by atoms with Crippen LogP contribution in [0, 0.1) is 10.8 Å². The first kappa shape index (κ1) is 119. The minimum absolute atomic E-state index is 0.000742. The van der Waals surface area contributed by atoms with Gasteiger partial charge in [-0.15, -0.1) is 0 Å². The third-order valence-electron chi connectivity index (χ3n) is 22.9. The third kappa shape index (κ3) is 55.0. The van der Waals surface area contributed by atoms with Gasteiger partial charge in [0.15, 0.2) is 57.9 Å². The zero-order valence-corrected chi connectivity index (χ0v) is 83.6. The highest BCUT2D eigenvalue weighted by Crippen LogP contribution is 2.33. The molecule has 0 heterocycles. The topological polar surface area (TPSA) is 519 Å². The number of nitrogens with two attached hydrogens (primary N) is 2. The van der Waals surface area contributed by atoms with E-state index in [1.54, 1.807) is 42.5 Å². The van der Waals surface area contributed by atoms with Crippen molar-refractivity contribution >= 4 is 102 Å². The molecule has 0 saturated heterocycles. The number of hydrazone groups is 4. The van der Waals surface area contributed by atoms with Gasteiger partial charge in [0, 0.05) is 51.5 Å². The average Bonchev–Trinajstić information content (AvgIpc) is 0.868. The van der Waals surface area contributed by atoms with Crippen molar-refractivity contribution in [1.29, 1.82) is 10.8 Å². The Kier molecular flexibility index (Phi) is 63.7. The molecule has 0 radical (unpaired) electrons. The zero-order chi connectivity index (χ0) is 101. The summed E-state index contributed by atoms with van der Waals surface area (Å²) in [5.41, 5.74) is 22.6. The number of hydrogen-bond acceptors (Lipinski definition) is 25. The number of benzene rings is 4. The molecule has 4 aromatic carbocycles. The lowest BCUT2D eigenvalue weighted by Gasteiger charge is -2.25. The fraction of sp³-hybridized carbons (Fsp3) is 0.602. The number of esters is 4. The predicted molar refractivity (Wildman–Crippen MR) is 541 cm³/mol. The minimum Gasteiger partial charge on any atom is -0.493 e. The molecule has 0 fully saturated rings. The third-order valence-corrected chi connectivity index (χ3v) is 22.9. The molecule has 770 valence electrons. The largest absolute Gasteiger partial charge is 0.493 e. The van der Waals surface area contributed by atoms with E-state index in [9.17, 15) is 47.9 Å². The molecule has 0 unspecified atom stereocenters. The fourth-order valence-corrected chi connectivity index (χ4v) is 15.0. The quantitative estimate of drug-likeness (QED) is 0.00487. The van der Waals surface area contributed by atoms with Gasteiger partial charge in [-0.2, -0.15) is 20.4 Å². The molecule has 0 aromatic heterocycles. The molecule has 0 aliphatic rings. The molecule has 0 aliphatic carbocycles. The van der Waals surface area contributed by atoms with E-state index in [2.05, 4.69) is 96.4 Å². The first-order chi connectivity index (χ1) is 67.3. The minimum atomic E-state index is -1.74. The van der Waals surface area contributed by atoms with Crippen molar-refractivity contribution in [2.75, 3.05) is 35.0 Å². The van der Waals surface area contributed by atoms with Gasteiger partial charge in [0.05, 0.1) is 53.3 Å². The summed E-state index contributed by atoms with van der Waals surface area (Å²) in [6.45, 7) is 8.98. The van der Waals surface area contributed by atoms with Crippen LogP contribution in [-0.2, 0) is 52.7 Å². The Balaban J connectivity index is 1.68. The van der Waals surface area contributed by atoms with Gasteiger partial charge in [-0.1, -0.05) is 233 Å². The molecular weight excluding hydrogens is 1780 g/mol. The van der Waals surface area contributed by atoms with Gasteiger partial charge in [-0.25, -0.2) is 21.7 Å². The van der Waals surface area contributed by atoms with Crippen LogP contribution in [0.15, 0.2) is 93.2 Å². The van der Waals surface area contributed by atoms with Gasteiger partial charge in [-0.3, -0.25) is 63.6 Å². The molecule has 4 atom stereocenters. The highest BCUT2D eigenvalue weighted by Gasteiger charge is 2.32. The highest BCUT2D eigenvalue weighted by atomic mass is 16.6. The first-order valence-corrected chi connectivity index (χ1v) is 50.3. The number of ether oxygens (including phenoxy) is 8. The Morgan fingerprint density at radius 2 is 0.532 bits per heavy atom. The van der Waals surface area contributed by atoms with Crippen LogP contribution in [0.1, 0.15) is 365 Å². The van der Waals surface area contributed by atoms with Crippen molar-refractivity contribution in [3.63, 3.8) is 0 Å². The number of amides is 7. The summed E-state index contributed by atoms with van der Waals surface area (Å²) >= 11 is 0. The number of methoxy groups -OCH3 is 4. The van der Waals surface area contributed by atoms with E-state index in [1.165, 1.54) is 199 Å². The summed E-state index contributed by atoms with van der Waals surface area (Å²) in [5.74, 6) is -7.36. The summed E-state index contributed by atoms with van der Waals surface area (Å²) < 4.78 is 44.9. The SMILES string of the molecule is CCCCCCCCCCCC(=O)Oc1ccc(/C=N/NC(=O)CC[C@H](NC(=O)CC[C@H](NC(=O)[C@H](CCCCNC(=N)N)NC(=N)N)C(=O)N[C@@H](CCC(=O)N/N=C/c2ccc(OC(=O)CCCCCCCCCCC)c(OC)c2)C(=O)N/N=C/c2ccc(OC(=O)CCCCCCCCCCC)c(OC)c2)C(=O)N/N=C/c2ccc(OC(=O)CCCCCCCCCCC)c(OC)c2)cc1OC. The Morgan fingerprint density at radius 1 is 0.281 bits per heavy atom. The van der Waals surface area contributed by atoms with Crippen LogP contribution >= 0.6 is 0 Å². The van der Waals surface area contributed by atoms with E-state index >= 15 is 4.79 Å². The molecule has 36 nitrogen and oxygen atoms in total. The monoisotopic (exact) mass is 1940 g/mol. The highest BCUT2D eigenvalue weighted by molar-refractivity contribution is 5.96. The lowest BCUT2D eigenvalue weighted by molar-refractivity contribution is -0.135. The Hall–Kier alpha value is -12.5. The van der Waals surface area contributed by atoms with Crippen LogP contribution in [0.3, 0.4) is 0 Å². The number of unbranched alkanes of at least 4 members (excludes halogenated alkanes) is 33. The molecule has 0 saturated carbocycles.